The summed E-state index contributed by atoms with van der Waals surface area (Å²) in [6, 6.07) is 1.89. The molecule has 1 aromatic rings. The summed E-state index contributed by atoms with van der Waals surface area (Å²) in [4.78, 5) is 37.3. The van der Waals surface area contributed by atoms with E-state index in [9.17, 15) is 14.4 Å². The summed E-state index contributed by atoms with van der Waals surface area (Å²) < 4.78 is 0. The maximum Gasteiger partial charge on any atom is 0.317 e. The summed E-state index contributed by atoms with van der Waals surface area (Å²) in [7, 11) is 0. The highest BCUT2D eigenvalue weighted by Crippen LogP contribution is 2.24. The lowest BCUT2D eigenvalue weighted by atomic mass is 9.86. The van der Waals surface area contributed by atoms with Crippen LogP contribution < -0.4 is 10.6 Å². The van der Waals surface area contributed by atoms with Gasteiger partial charge in [-0.1, -0.05) is 0 Å². The maximum atomic E-state index is 12.4. The van der Waals surface area contributed by atoms with Gasteiger partial charge in [0.15, 0.2) is 0 Å². The van der Waals surface area contributed by atoms with Gasteiger partial charge >= 0.3 is 12.0 Å². The highest BCUT2D eigenvalue weighted by Gasteiger charge is 2.29. The Morgan fingerprint density at radius 2 is 1.65 bits per heavy atom. The molecule has 1 saturated heterocycles. The number of hydrogen-bond donors (Lipinski definition) is 3. The van der Waals surface area contributed by atoms with Crippen LogP contribution in [0.3, 0.4) is 0 Å². The van der Waals surface area contributed by atoms with Gasteiger partial charge in [0.2, 0.25) is 0 Å². The summed E-state index contributed by atoms with van der Waals surface area (Å²) in [6.45, 7) is 1.23. The van der Waals surface area contributed by atoms with E-state index in [0.717, 1.165) is 25.7 Å². The van der Waals surface area contributed by atoms with E-state index in [2.05, 4.69) is 10.6 Å². The molecule has 1 aliphatic carbocycles. The molecule has 0 unspecified atom stereocenters. The molecule has 8 heteroatoms. The molecule has 1 saturated carbocycles. The van der Waals surface area contributed by atoms with E-state index in [1.165, 1.54) is 11.3 Å². The molecule has 26 heavy (non-hydrogen) atoms. The zero-order chi connectivity index (χ0) is 18.5. The van der Waals surface area contributed by atoms with Crippen molar-refractivity contribution >= 4 is 29.2 Å². The van der Waals surface area contributed by atoms with E-state index in [1.54, 1.807) is 4.90 Å². The van der Waals surface area contributed by atoms with Crippen LogP contribution in [-0.4, -0.2) is 53.1 Å². The molecule has 0 bridgehead atoms. The number of nitrogens with zero attached hydrogens (tertiary/aromatic N) is 1. The Kier molecular flexibility index (Phi) is 6.13. The second-order valence-electron chi connectivity index (χ2n) is 7.08. The highest BCUT2D eigenvalue weighted by atomic mass is 32.1. The quantitative estimate of drug-likeness (QED) is 0.747. The van der Waals surface area contributed by atoms with Crippen LogP contribution in [0.2, 0.25) is 0 Å². The van der Waals surface area contributed by atoms with Gasteiger partial charge in [0.1, 0.15) is 0 Å². The molecular weight excluding hydrogens is 354 g/mol. The van der Waals surface area contributed by atoms with Gasteiger partial charge in [-0.2, -0.15) is 11.3 Å². The lowest BCUT2D eigenvalue weighted by Crippen LogP contribution is -2.51. The molecule has 0 radical (unpaired) electrons. The van der Waals surface area contributed by atoms with Crippen LogP contribution in [0.4, 0.5) is 4.79 Å². The summed E-state index contributed by atoms with van der Waals surface area (Å²) in [5.41, 5.74) is 0.687. The monoisotopic (exact) mass is 379 g/mol. The van der Waals surface area contributed by atoms with Crippen molar-refractivity contribution in [1.29, 1.82) is 0 Å². The normalized spacial score (nSPS) is 24.1. The third-order valence-electron chi connectivity index (χ3n) is 5.30. The Balaban J connectivity index is 1.38. The van der Waals surface area contributed by atoms with Crippen LogP contribution in [0.5, 0.6) is 0 Å². The minimum atomic E-state index is -0.735. The Morgan fingerprint density at radius 3 is 2.23 bits per heavy atom. The fourth-order valence-electron chi connectivity index (χ4n) is 3.64. The number of thiophene rings is 1. The highest BCUT2D eigenvalue weighted by molar-refractivity contribution is 7.08. The first kappa shape index (κ1) is 18.7. The van der Waals surface area contributed by atoms with Crippen LogP contribution >= 0.6 is 11.3 Å². The van der Waals surface area contributed by atoms with Crippen molar-refractivity contribution in [2.75, 3.05) is 13.1 Å². The molecule has 1 aliphatic heterocycles. The van der Waals surface area contributed by atoms with Gasteiger partial charge in [-0.3, -0.25) is 9.59 Å². The third kappa shape index (κ3) is 4.75. The number of aliphatic carboxylic acids is 1. The van der Waals surface area contributed by atoms with Gasteiger partial charge in [-0.25, -0.2) is 4.79 Å². The zero-order valence-corrected chi connectivity index (χ0v) is 15.5. The fourth-order valence-corrected chi connectivity index (χ4v) is 4.28. The van der Waals surface area contributed by atoms with Crippen LogP contribution in [0.1, 0.15) is 48.9 Å². The van der Waals surface area contributed by atoms with E-state index in [-0.39, 0.29) is 29.9 Å². The zero-order valence-electron chi connectivity index (χ0n) is 14.6. The number of hydrogen-bond acceptors (Lipinski definition) is 4. The minimum absolute atomic E-state index is 0.0515. The van der Waals surface area contributed by atoms with Gasteiger partial charge in [-0.05, 0) is 50.0 Å². The van der Waals surface area contributed by atoms with E-state index in [0.29, 0.717) is 31.5 Å². The predicted octanol–water partition coefficient (Wildman–Crippen LogP) is 2.30. The second-order valence-corrected chi connectivity index (χ2v) is 7.86. The largest absolute Gasteiger partial charge is 0.481 e. The molecule has 3 N–H and O–H groups in total. The maximum absolute atomic E-state index is 12.4. The smallest absolute Gasteiger partial charge is 0.317 e. The molecule has 0 aromatic carbocycles. The Bertz CT molecular complexity index is 633. The first-order valence-electron chi connectivity index (χ1n) is 9.14. The van der Waals surface area contributed by atoms with Crippen molar-refractivity contribution in [3.8, 4) is 0 Å². The molecule has 1 aromatic heterocycles. The van der Waals surface area contributed by atoms with Gasteiger partial charge in [0, 0.05) is 36.1 Å². The average molecular weight is 379 g/mol. The first-order valence-corrected chi connectivity index (χ1v) is 10.1. The summed E-state index contributed by atoms with van der Waals surface area (Å²) in [6.07, 6.45) is 4.17. The second kappa shape index (κ2) is 8.53. The van der Waals surface area contributed by atoms with Crippen LogP contribution in [0, 0.1) is 5.92 Å². The number of nitrogens with one attached hydrogen (secondary N) is 2. The molecule has 0 atom stereocenters. The van der Waals surface area contributed by atoms with Crippen molar-refractivity contribution < 1.29 is 19.5 Å². The number of amides is 3. The molecule has 142 valence electrons. The van der Waals surface area contributed by atoms with E-state index in [4.69, 9.17) is 5.11 Å². The molecule has 2 heterocycles. The van der Waals surface area contributed by atoms with Crippen molar-refractivity contribution in [2.45, 2.75) is 50.6 Å². The molecule has 7 nitrogen and oxygen atoms in total. The topological polar surface area (TPSA) is 98.7 Å². The first-order chi connectivity index (χ1) is 12.5. The molecule has 3 rings (SSSR count). The number of piperidine rings is 1. The van der Waals surface area contributed by atoms with Crippen molar-refractivity contribution in [1.82, 2.24) is 15.5 Å². The molecule has 0 spiro atoms. The molecular formula is C18H25N3O4S. The molecule has 3 amide bonds. The standard InChI is InChI=1S/C18H25N3O4S/c22-16(13-7-10-26-11-13)19-15-5-8-21(9-6-15)18(25)20-14-3-1-12(2-4-14)17(23)24/h7,10-12,14-15H,1-6,8-9H2,(H,19,22)(H,20,25)(H,23,24). The fraction of sp³-hybridized carbons (Fsp3) is 0.611. The van der Waals surface area contributed by atoms with Gasteiger partial charge in [0.25, 0.3) is 5.91 Å². The van der Waals surface area contributed by atoms with Crippen molar-refractivity contribution in [2.24, 2.45) is 5.92 Å². The number of rotatable bonds is 4. The SMILES string of the molecule is O=C(NC1CCN(C(=O)NC2CCC(C(=O)O)CC2)CC1)c1ccsc1. The van der Waals surface area contributed by atoms with Crippen LogP contribution in [-0.2, 0) is 4.79 Å². The van der Waals surface area contributed by atoms with Crippen LogP contribution in [0.25, 0.3) is 0 Å². The van der Waals surface area contributed by atoms with Crippen LogP contribution in [0.15, 0.2) is 16.8 Å². The lowest BCUT2D eigenvalue weighted by Gasteiger charge is -2.34. The average Bonchev–Trinajstić information content (AvgIpc) is 3.17. The van der Waals surface area contributed by atoms with Gasteiger partial charge < -0.3 is 20.6 Å². The number of carbonyl (C=O) groups is 3. The number of carboxylic acids is 1. The summed E-state index contributed by atoms with van der Waals surface area (Å²) in [5.74, 6) is -1.06. The van der Waals surface area contributed by atoms with E-state index >= 15 is 0 Å². The molecule has 2 fully saturated rings. The Morgan fingerprint density at radius 1 is 1.00 bits per heavy atom. The Hall–Kier alpha value is -2.09. The number of carbonyl (C=O) groups excluding carboxylic acids is 2. The van der Waals surface area contributed by atoms with Crippen molar-refractivity contribution in [3.05, 3.63) is 22.4 Å². The van der Waals surface area contributed by atoms with Crippen molar-refractivity contribution in [3.63, 3.8) is 0 Å². The molecule has 2 aliphatic rings. The summed E-state index contributed by atoms with van der Waals surface area (Å²) >= 11 is 1.50. The number of carboxylic acid groups (broad SMARTS) is 1. The summed E-state index contributed by atoms with van der Waals surface area (Å²) in [5, 5.41) is 18.8. The van der Waals surface area contributed by atoms with Gasteiger partial charge in [-0.15, -0.1) is 0 Å². The predicted molar refractivity (Wildman–Crippen MR) is 98.3 cm³/mol. The Labute approximate surface area is 156 Å². The van der Waals surface area contributed by atoms with E-state index in [1.807, 2.05) is 16.8 Å². The number of urea groups is 1. The lowest BCUT2D eigenvalue weighted by molar-refractivity contribution is -0.142. The minimum Gasteiger partial charge on any atom is -0.481 e. The van der Waals surface area contributed by atoms with Gasteiger partial charge in [0.05, 0.1) is 5.92 Å². The third-order valence-corrected chi connectivity index (χ3v) is 5.99. The van der Waals surface area contributed by atoms with E-state index < -0.39 is 5.97 Å². The number of likely N-dealkylation sites (tertiary alicyclic amines) is 1.